The summed E-state index contributed by atoms with van der Waals surface area (Å²) in [6, 6.07) is 26.5. The van der Waals surface area contributed by atoms with E-state index < -0.39 is 0 Å². The van der Waals surface area contributed by atoms with Crippen molar-refractivity contribution in [2.45, 2.75) is 19.0 Å². The average Bonchev–Trinajstić information content (AvgIpc) is 2.80. The number of hydrogen-bond donors (Lipinski definition) is 1. The Morgan fingerprint density at radius 1 is 0.903 bits per heavy atom. The van der Waals surface area contributed by atoms with Crippen LogP contribution in [0.5, 0.6) is 0 Å². The van der Waals surface area contributed by atoms with Crippen LogP contribution in [-0.4, -0.2) is 47.6 Å². The van der Waals surface area contributed by atoms with Gasteiger partial charge >= 0.3 is 0 Å². The topological polar surface area (TPSA) is 43.8 Å². The van der Waals surface area contributed by atoms with Gasteiger partial charge in [0, 0.05) is 32.3 Å². The molecule has 0 unspecified atom stereocenters. The zero-order chi connectivity index (χ0) is 22.1. The van der Waals surface area contributed by atoms with Crippen molar-refractivity contribution in [1.82, 2.24) is 9.80 Å². The number of benzene rings is 3. The number of hydrogen-bond acceptors (Lipinski definition) is 3. The van der Waals surface area contributed by atoms with Crippen molar-refractivity contribution in [3.8, 4) is 0 Å². The number of rotatable bonds is 10. The number of halogens is 1. The minimum Gasteiger partial charge on any atom is -0.396 e. The molecule has 0 saturated heterocycles. The van der Waals surface area contributed by atoms with Crippen LogP contribution in [0.25, 0.3) is 0 Å². The third-order valence-electron chi connectivity index (χ3n) is 5.33. The zero-order valence-electron chi connectivity index (χ0n) is 17.8. The average molecular weight is 421 g/mol. The van der Waals surface area contributed by atoms with Gasteiger partial charge in [0.25, 0.3) is 0 Å². The lowest BCUT2D eigenvalue weighted by Gasteiger charge is -2.33. The highest BCUT2D eigenvalue weighted by atomic mass is 19.1. The van der Waals surface area contributed by atoms with Gasteiger partial charge in [0.2, 0.25) is 5.91 Å². The van der Waals surface area contributed by atoms with Gasteiger partial charge in [0.1, 0.15) is 5.82 Å². The summed E-state index contributed by atoms with van der Waals surface area (Å²) in [5, 5.41) is 9.44. The number of aliphatic hydroxyl groups is 1. The van der Waals surface area contributed by atoms with E-state index in [2.05, 4.69) is 29.2 Å². The Morgan fingerprint density at radius 2 is 1.45 bits per heavy atom. The van der Waals surface area contributed by atoms with Gasteiger partial charge in [-0.15, -0.1) is 0 Å². The number of amides is 1. The van der Waals surface area contributed by atoms with Gasteiger partial charge in [0.05, 0.1) is 12.6 Å². The molecule has 0 fully saturated rings. The van der Waals surface area contributed by atoms with E-state index in [0.717, 1.165) is 11.1 Å². The molecule has 1 N–H and O–H groups in total. The third-order valence-corrected chi connectivity index (χ3v) is 5.33. The molecule has 1 amide bonds. The summed E-state index contributed by atoms with van der Waals surface area (Å²) in [5.74, 6) is -0.413. The largest absolute Gasteiger partial charge is 0.396 e. The van der Waals surface area contributed by atoms with Gasteiger partial charge < -0.3 is 10.0 Å². The first kappa shape index (κ1) is 22.7. The van der Waals surface area contributed by atoms with Crippen LogP contribution in [0.3, 0.4) is 0 Å². The molecule has 0 aliphatic rings. The summed E-state index contributed by atoms with van der Waals surface area (Å²) in [4.78, 5) is 16.7. The van der Waals surface area contributed by atoms with Crippen LogP contribution in [0.1, 0.15) is 29.2 Å². The van der Waals surface area contributed by atoms with E-state index in [1.165, 1.54) is 6.07 Å². The van der Waals surface area contributed by atoms with E-state index in [1.807, 2.05) is 36.4 Å². The molecule has 5 heteroatoms. The Bertz CT molecular complexity index is 910. The van der Waals surface area contributed by atoms with Crippen molar-refractivity contribution < 1.29 is 14.3 Å². The highest BCUT2D eigenvalue weighted by Crippen LogP contribution is 2.29. The fourth-order valence-electron chi connectivity index (χ4n) is 3.72. The molecule has 4 nitrogen and oxygen atoms in total. The molecule has 0 aromatic heterocycles. The molecule has 0 radical (unpaired) electrons. The van der Waals surface area contributed by atoms with E-state index in [1.54, 1.807) is 30.1 Å². The summed E-state index contributed by atoms with van der Waals surface area (Å²) >= 11 is 0. The van der Waals surface area contributed by atoms with Gasteiger partial charge in [-0.25, -0.2) is 4.39 Å². The third kappa shape index (κ3) is 6.23. The second-order valence-electron chi connectivity index (χ2n) is 7.61. The highest BCUT2D eigenvalue weighted by molar-refractivity contribution is 5.78. The Morgan fingerprint density at radius 3 is 2.00 bits per heavy atom. The van der Waals surface area contributed by atoms with Crippen LogP contribution >= 0.6 is 0 Å². The summed E-state index contributed by atoms with van der Waals surface area (Å²) in [7, 11) is 1.69. The van der Waals surface area contributed by atoms with Crippen molar-refractivity contribution in [2.24, 2.45) is 0 Å². The predicted octanol–water partition coefficient (Wildman–Crippen LogP) is 4.26. The molecule has 0 aliphatic heterocycles. The molecule has 0 heterocycles. The number of aliphatic hydroxyl groups excluding tert-OH is 1. The molecular weight excluding hydrogens is 391 g/mol. The van der Waals surface area contributed by atoms with Gasteiger partial charge in [0.15, 0.2) is 0 Å². The fraction of sp³-hybridized carbons (Fsp3) is 0.269. The first-order valence-electron chi connectivity index (χ1n) is 10.5. The van der Waals surface area contributed by atoms with Crippen LogP contribution in [0.15, 0.2) is 84.9 Å². The molecule has 162 valence electrons. The van der Waals surface area contributed by atoms with E-state index in [0.29, 0.717) is 18.5 Å². The van der Waals surface area contributed by atoms with Crippen LogP contribution in [-0.2, 0) is 11.3 Å². The molecule has 0 saturated carbocycles. The Hall–Kier alpha value is -3.02. The van der Waals surface area contributed by atoms with Crippen molar-refractivity contribution in [2.75, 3.05) is 26.7 Å². The quantitative estimate of drug-likeness (QED) is 0.533. The summed E-state index contributed by atoms with van der Waals surface area (Å²) in [5.41, 5.74) is 2.65. The first-order valence-corrected chi connectivity index (χ1v) is 10.5. The minimum absolute atomic E-state index is 0.0477. The van der Waals surface area contributed by atoms with Gasteiger partial charge in [-0.1, -0.05) is 78.9 Å². The number of likely N-dealkylation sites (N-methyl/N-ethyl adjacent to an activating group) is 1. The van der Waals surface area contributed by atoms with Gasteiger partial charge in [-0.2, -0.15) is 0 Å². The van der Waals surface area contributed by atoms with Crippen LogP contribution in [0, 0.1) is 5.82 Å². The van der Waals surface area contributed by atoms with Crippen molar-refractivity contribution in [3.63, 3.8) is 0 Å². The summed E-state index contributed by atoms with van der Waals surface area (Å²) < 4.78 is 14.0. The molecule has 0 aliphatic carbocycles. The maximum atomic E-state index is 14.0. The Balaban J connectivity index is 1.84. The first-order chi connectivity index (χ1) is 15.1. The van der Waals surface area contributed by atoms with E-state index >= 15 is 0 Å². The van der Waals surface area contributed by atoms with Crippen molar-refractivity contribution in [1.29, 1.82) is 0 Å². The van der Waals surface area contributed by atoms with Gasteiger partial charge in [-0.05, 0) is 23.6 Å². The lowest BCUT2D eigenvalue weighted by atomic mass is 9.96. The smallest absolute Gasteiger partial charge is 0.236 e. The van der Waals surface area contributed by atoms with Crippen molar-refractivity contribution in [3.05, 3.63) is 107 Å². The monoisotopic (exact) mass is 420 g/mol. The Kier molecular flexibility index (Phi) is 8.33. The normalized spacial score (nSPS) is 11.1. The molecule has 3 aromatic carbocycles. The summed E-state index contributed by atoms with van der Waals surface area (Å²) in [6.07, 6.45) is 0.556. The molecule has 3 aromatic rings. The molecule has 3 rings (SSSR count). The SMILES string of the molecule is CN(Cc1ccccc1F)C(=O)CN(CCCO)C(c1ccccc1)c1ccccc1. The predicted molar refractivity (Wildman–Crippen MR) is 121 cm³/mol. The Labute approximate surface area is 183 Å². The van der Waals surface area contributed by atoms with E-state index in [4.69, 9.17) is 0 Å². The maximum Gasteiger partial charge on any atom is 0.236 e. The number of carbonyl (C=O) groups excluding carboxylic acids is 1. The van der Waals surface area contributed by atoms with Crippen molar-refractivity contribution >= 4 is 5.91 Å². The molecule has 31 heavy (non-hydrogen) atoms. The molecule has 0 spiro atoms. The summed E-state index contributed by atoms with van der Waals surface area (Å²) in [6.45, 7) is 0.983. The molecular formula is C26H29FN2O2. The van der Waals surface area contributed by atoms with E-state index in [-0.39, 0.29) is 37.5 Å². The molecule has 0 bridgehead atoms. The zero-order valence-corrected chi connectivity index (χ0v) is 17.8. The van der Waals surface area contributed by atoms with Crippen LogP contribution < -0.4 is 0 Å². The minimum atomic E-state index is -0.314. The molecule has 0 atom stereocenters. The number of carbonyl (C=O) groups is 1. The second-order valence-corrected chi connectivity index (χ2v) is 7.61. The van der Waals surface area contributed by atoms with E-state index in [9.17, 15) is 14.3 Å². The fourth-order valence-corrected chi connectivity index (χ4v) is 3.72. The van der Waals surface area contributed by atoms with Crippen LogP contribution in [0.2, 0.25) is 0 Å². The van der Waals surface area contributed by atoms with Gasteiger partial charge in [-0.3, -0.25) is 9.69 Å². The maximum absolute atomic E-state index is 14.0. The van der Waals surface area contributed by atoms with Crippen LogP contribution in [0.4, 0.5) is 4.39 Å². The highest BCUT2D eigenvalue weighted by Gasteiger charge is 2.25. The lowest BCUT2D eigenvalue weighted by Crippen LogP contribution is -2.41. The lowest BCUT2D eigenvalue weighted by molar-refractivity contribution is -0.132. The number of nitrogens with zero attached hydrogens (tertiary/aromatic N) is 2. The second kappa shape index (κ2) is 11.4. The standard InChI is InChI=1S/C26H29FN2O2/c1-28(19-23-15-8-9-16-24(23)27)25(31)20-29(17-10-18-30)26(21-11-4-2-5-12-21)22-13-6-3-7-14-22/h2-9,11-16,26,30H,10,17-20H2,1H3.